The quantitative estimate of drug-likeness (QED) is 0.846. The molecule has 0 radical (unpaired) electrons. The average molecular weight is 283 g/mol. The molecule has 20 heavy (non-hydrogen) atoms. The van der Waals surface area contributed by atoms with E-state index < -0.39 is 5.97 Å². The van der Waals surface area contributed by atoms with Crippen LogP contribution in [0.3, 0.4) is 0 Å². The third kappa shape index (κ3) is 3.87. The zero-order valence-corrected chi connectivity index (χ0v) is 12.4. The van der Waals surface area contributed by atoms with Crippen LogP contribution < -0.4 is 0 Å². The van der Waals surface area contributed by atoms with Crippen LogP contribution in [0.5, 0.6) is 0 Å². The van der Waals surface area contributed by atoms with Crippen LogP contribution in [0.1, 0.15) is 52.4 Å². The number of ether oxygens (including phenoxy) is 1. The predicted octanol–water partition coefficient (Wildman–Crippen LogP) is 2.89. The molecule has 1 saturated heterocycles. The lowest BCUT2D eigenvalue weighted by Crippen LogP contribution is -2.42. The fourth-order valence-corrected chi connectivity index (χ4v) is 3.02. The molecule has 2 rings (SSSR count). The number of carbonyl (C=O) groups excluding carboxylic acids is 1. The number of aliphatic carboxylic acids is 1. The Balaban J connectivity index is 1.75. The summed E-state index contributed by atoms with van der Waals surface area (Å²) in [5.41, 5.74) is 0.364. The molecular formula is C15H25NO4. The molecule has 1 N–H and O–H groups in total. The van der Waals surface area contributed by atoms with Gasteiger partial charge < -0.3 is 14.7 Å². The van der Waals surface area contributed by atoms with Crippen molar-refractivity contribution in [2.75, 3.05) is 13.1 Å². The topological polar surface area (TPSA) is 66.8 Å². The van der Waals surface area contributed by atoms with Gasteiger partial charge >= 0.3 is 12.1 Å². The first-order valence-corrected chi connectivity index (χ1v) is 7.56. The SMILES string of the molecule is CC1(C)CCC(OC(=O)N2CCC(C(=O)O)CC2)CC1. The number of likely N-dealkylation sites (tertiary alicyclic amines) is 1. The molecule has 5 heteroatoms. The van der Waals surface area contributed by atoms with E-state index in [2.05, 4.69) is 13.8 Å². The van der Waals surface area contributed by atoms with Crippen LogP contribution in [0.25, 0.3) is 0 Å². The molecule has 1 aliphatic heterocycles. The number of carboxylic acids is 1. The van der Waals surface area contributed by atoms with Crippen molar-refractivity contribution >= 4 is 12.1 Å². The molecule has 0 spiro atoms. The number of piperidine rings is 1. The van der Waals surface area contributed by atoms with Gasteiger partial charge in [-0.05, 0) is 43.9 Å². The Bertz CT molecular complexity index is 362. The molecule has 1 aliphatic carbocycles. The van der Waals surface area contributed by atoms with Gasteiger partial charge in [0.25, 0.3) is 0 Å². The highest BCUT2D eigenvalue weighted by atomic mass is 16.6. The first kappa shape index (κ1) is 15.1. The van der Waals surface area contributed by atoms with Crippen LogP contribution in [-0.2, 0) is 9.53 Å². The van der Waals surface area contributed by atoms with Gasteiger partial charge in [-0.3, -0.25) is 4.79 Å². The molecule has 114 valence electrons. The van der Waals surface area contributed by atoms with E-state index in [1.807, 2.05) is 0 Å². The van der Waals surface area contributed by atoms with Crippen LogP contribution in [0, 0.1) is 11.3 Å². The summed E-state index contributed by atoms with van der Waals surface area (Å²) in [6, 6.07) is 0. The smallest absolute Gasteiger partial charge is 0.410 e. The zero-order chi connectivity index (χ0) is 14.8. The highest BCUT2D eigenvalue weighted by Gasteiger charge is 2.32. The number of amides is 1. The van der Waals surface area contributed by atoms with Gasteiger partial charge in [-0.25, -0.2) is 4.79 Å². The van der Waals surface area contributed by atoms with Gasteiger partial charge in [0.1, 0.15) is 6.10 Å². The lowest BCUT2D eigenvalue weighted by Gasteiger charge is -2.36. The fraction of sp³-hybridized carbons (Fsp3) is 0.867. The highest BCUT2D eigenvalue weighted by Crippen LogP contribution is 2.36. The van der Waals surface area contributed by atoms with Crippen molar-refractivity contribution < 1.29 is 19.4 Å². The Labute approximate surface area is 120 Å². The van der Waals surface area contributed by atoms with Crippen LogP contribution in [0.2, 0.25) is 0 Å². The molecule has 5 nitrogen and oxygen atoms in total. The summed E-state index contributed by atoms with van der Waals surface area (Å²) < 4.78 is 5.56. The van der Waals surface area contributed by atoms with Crippen molar-refractivity contribution in [1.29, 1.82) is 0 Å². The Kier molecular flexibility index (Phi) is 4.55. The molecule has 0 atom stereocenters. The minimum atomic E-state index is -0.757. The second-order valence-corrected chi connectivity index (χ2v) is 6.85. The third-order valence-corrected chi connectivity index (χ3v) is 4.66. The van der Waals surface area contributed by atoms with E-state index in [-0.39, 0.29) is 18.1 Å². The van der Waals surface area contributed by atoms with Crippen molar-refractivity contribution in [1.82, 2.24) is 4.90 Å². The lowest BCUT2D eigenvalue weighted by atomic mass is 9.76. The van der Waals surface area contributed by atoms with Crippen molar-refractivity contribution in [3.63, 3.8) is 0 Å². The molecule has 0 aromatic rings. The van der Waals surface area contributed by atoms with E-state index in [1.165, 1.54) is 0 Å². The molecule has 2 fully saturated rings. The maximum Gasteiger partial charge on any atom is 0.410 e. The third-order valence-electron chi connectivity index (χ3n) is 4.66. The second-order valence-electron chi connectivity index (χ2n) is 6.85. The second kappa shape index (κ2) is 6.02. The number of carboxylic acid groups (broad SMARTS) is 1. The standard InChI is InChI=1S/C15H25NO4/c1-15(2)7-3-12(4-8-15)20-14(19)16-9-5-11(6-10-16)13(17)18/h11-12H,3-10H2,1-2H3,(H,17,18). The van der Waals surface area contributed by atoms with E-state index in [1.54, 1.807) is 4.90 Å². The summed E-state index contributed by atoms with van der Waals surface area (Å²) in [5.74, 6) is -1.07. The Morgan fingerprint density at radius 3 is 2.15 bits per heavy atom. The molecule has 2 aliphatic rings. The number of carbonyl (C=O) groups is 2. The average Bonchev–Trinajstić information content (AvgIpc) is 2.41. The Morgan fingerprint density at radius 1 is 1.10 bits per heavy atom. The van der Waals surface area contributed by atoms with Crippen LogP contribution in [0.4, 0.5) is 4.79 Å². The highest BCUT2D eigenvalue weighted by molar-refractivity contribution is 5.71. The van der Waals surface area contributed by atoms with Gasteiger partial charge in [-0.1, -0.05) is 13.8 Å². The maximum absolute atomic E-state index is 12.1. The van der Waals surface area contributed by atoms with E-state index >= 15 is 0 Å². The van der Waals surface area contributed by atoms with E-state index in [4.69, 9.17) is 9.84 Å². The van der Waals surface area contributed by atoms with E-state index in [0.29, 0.717) is 31.3 Å². The van der Waals surface area contributed by atoms with Gasteiger partial charge in [0, 0.05) is 13.1 Å². The summed E-state index contributed by atoms with van der Waals surface area (Å²) in [6.07, 6.45) is 4.88. The molecule has 1 amide bonds. The van der Waals surface area contributed by atoms with Gasteiger partial charge in [0.15, 0.2) is 0 Å². The zero-order valence-electron chi connectivity index (χ0n) is 12.4. The first-order valence-electron chi connectivity index (χ1n) is 7.56. The Hall–Kier alpha value is -1.26. The van der Waals surface area contributed by atoms with E-state index in [0.717, 1.165) is 25.7 Å². The molecular weight excluding hydrogens is 258 g/mol. The van der Waals surface area contributed by atoms with Crippen LogP contribution in [0.15, 0.2) is 0 Å². The summed E-state index contributed by atoms with van der Waals surface area (Å²) in [6.45, 7) is 5.49. The minimum absolute atomic E-state index is 0.0349. The number of hydrogen-bond donors (Lipinski definition) is 1. The largest absolute Gasteiger partial charge is 0.481 e. The van der Waals surface area contributed by atoms with Gasteiger partial charge in [-0.15, -0.1) is 0 Å². The number of hydrogen-bond acceptors (Lipinski definition) is 3. The maximum atomic E-state index is 12.1. The van der Waals surface area contributed by atoms with Crippen molar-refractivity contribution in [3.8, 4) is 0 Å². The number of rotatable bonds is 2. The number of nitrogens with zero attached hydrogens (tertiary/aromatic N) is 1. The van der Waals surface area contributed by atoms with Crippen LogP contribution in [-0.4, -0.2) is 41.3 Å². The first-order chi connectivity index (χ1) is 9.37. The molecule has 1 heterocycles. The van der Waals surface area contributed by atoms with Crippen molar-refractivity contribution in [3.05, 3.63) is 0 Å². The van der Waals surface area contributed by atoms with Gasteiger partial charge in [0.2, 0.25) is 0 Å². The van der Waals surface area contributed by atoms with Crippen LogP contribution >= 0.6 is 0 Å². The van der Waals surface area contributed by atoms with E-state index in [9.17, 15) is 9.59 Å². The van der Waals surface area contributed by atoms with Crippen molar-refractivity contribution in [2.45, 2.75) is 58.5 Å². The summed E-state index contributed by atoms with van der Waals surface area (Å²) in [4.78, 5) is 24.6. The molecule has 0 aromatic carbocycles. The Morgan fingerprint density at radius 2 is 1.65 bits per heavy atom. The van der Waals surface area contributed by atoms with Gasteiger partial charge in [0.05, 0.1) is 5.92 Å². The van der Waals surface area contributed by atoms with Gasteiger partial charge in [-0.2, -0.15) is 0 Å². The molecule has 0 unspecified atom stereocenters. The summed E-state index contributed by atoms with van der Waals surface area (Å²) >= 11 is 0. The monoisotopic (exact) mass is 283 g/mol. The predicted molar refractivity (Wildman–Crippen MR) is 74.5 cm³/mol. The summed E-state index contributed by atoms with van der Waals surface area (Å²) in [7, 11) is 0. The molecule has 0 bridgehead atoms. The molecule has 1 saturated carbocycles. The normalized spacial score (nSPS) is 24.4. The van der Waals surface area contributed by atoms with Crippen molar-refractivity contribution in [2.24, 2.45) is 11.3 Å². The molecule has 0 aromatic heterocycles. The minimum Gasteiger partial charge on any atom is -0.481 e. The summed E-state index contributed by atoms with van der Waals surface area (Å²) in [5, 5.41) is 8.94. The fourth-order valence-electron chi connectivity index (χ4n) is 3.02. The lowest BCUT2D eigenvalue weighted by molar-refractivity contribution is -0.143.